The number of phenols is 1. The molecule has 0 fully saturated rings. The number of aromatic hydroxyl groups is 1. The number of rotatable bonds is 1. The van der Waals surface area contributed by atoms with Gasteiger partial charge in [-0.25, -0.2) is 4.98 Å². The van der Waals surface area contributed by atoms with E-state index in [2.05, 4.69) is 4.98 Å². The van der Waals surface area contributed by atoms with Crippen LogP contribution in [0.5, 0.6) is 5.75 Å². The molecule has 1 aromatic carbocycles. The Balaban J connectivity index is 2.47. The molecule has 3 rings (SSSR count). The number of Topliss-reactive ketones (excluding diaryl/α,β-unsaturated/α-hetero) is 1. The van der Waals surface area contributed by atoms with E-state index in [1.54, 1.807) is 6.07 Å². The predicted octanol–water partition coefficient (Wildman–Crippen LogP) is 2.20. The fourth-order valence-corrected chi connectivity index (χ4v) is 1.96. The summed E-state index contributed by atoms with van der Waals surface area (Å²) in [5.74, 6) is 0.0294. The molecular formula is C14H9NO4. The van der Waals surface area contributed by atoms with E-state index in [4.69, 9.17) is 4.42 Å². The number of carbonyl (C=O) groups is 1. The molecule has 1 heterocycles. The van der Waals surface area contributed by atoms with Crippen molar-refractivity contribution in [3.63, 3.8) is 0 Å². The Labute approximate surface area is 107 Å². The summed E-state index contributed by atoms with van der Waals surface area (Å²) < 4.78 is 5.52. The number of hydrogen-bond donors (Lipinski definition) is 1. The molecule has 1 aromatic rings. The van der Waals surface area contributed by atoms with Gasteiger partial charge in [0.05, 0.1) is 5.56 Å². The van der Waals surface area contributed by atoms with Crippen molar-refractivity contribution in [2.45, 2.75) is 6.92 Å². The Morgan fingerprint density at radius 1 is 1.26 bits per heavy atom. The first-order valence-electron chi connectivity index (χ1n) is 5.63. The largest absolute Gasteiger partial charge is 0.508 e. The SMILES string of the molecule is CC(=O)c1cc(=O)cc2oc3cc(O)ccc3nc1-2. The number of phenolic OH excluding ortho intramolecular Hbond substituents is 1. The highest BCUT2D eigenvalue weighted by molar-refractivity contribution is 6.00. The first kappa shape index (κ1) is 11.4. The Bertz CT molecular complexity index is 835. The second-order valence-electron chi connectivity index (χ2n) is 4.24. The number of hydrogen-bond acceptors (Lipinski definition) is 5. The van der Waals surface area contributed by atoms with E-state index in [0.717, 1.165) is 0 Å². The normalized spacial score (nSPS) is 11.0. The minimum Gasteiger partial charge on any atom is -0.508 e. The van der Waals surface area contributed by atoms with Gasteiger partial charge in [0.25, 0.3) is 0 Å². The van der Waals surface area contributed by atoms with Crippen molar-refractivity contribution in [2.75, 3.05) is 0 Å². The minimum absolute atomic E-state index is 0.0440. The van der Waals surface area contributed by atoms with Crippen LogP contribution in [0, 0.1) is 0 Å². The van der Waals surface area contributed by atoms with Crippen LogP contribution in [0.3, 0.4) is 0 Å². The quantitative estimate of drug-likeness (QED) is 0.532. The van der Waals surface area contributed by atoms with Crippen molar-refractivity contribution in [3.05, 3.63) is 46.1 Å². The first-order valence-corrected chi connectivity index (χ1v) is 5.63. The Hall–Kier alpha value is -2.69. The van der Waals surface area contributed by atoms with Crippen molar-refractivity contribution in [1.82, 2.24) is 4.98 Å². The van der Waals surface area contributed by atoms with E-state index >= 15 is 0 Å². The maximum atomic E-state index is 11.5. The lowest BCUT2D eigenvalue weighted by Crippen LogP contribution is -2.08. The highest BCUT2D eigenvalue weighted by atomic mass is 16.3. The Morgan fingerprint density at radius 2 is 2.05 bits per heavy atom. The average Bonchev–Trinajstić information content (AvgIpc) is 2.35. The monoisotopic (exact) mass is 255 g/mol. The summed E-state index contributed by atoms with van der Waals surface area (Å²) in [6, 6.07) is 7.00. The van der Waals surface area contributed by atoms with Gasteiger partial charge >= 0.3 is 0 Å². The summed E-state index contributed by atoms with van der Waals surface area (Å²) in [6.45, 7) is 1.37. The zero-order valence-corrected chi connectivity index (χ0v) is 10.0. The summed E-state index contributed by atoms with van der Waals surface area (Å²) in [6.07, 6.45) is 0. The summed E-state index contributed by atoms with van der Waals surface area (Å²) in [4.78, 5) is 27.4. The third-order valence-electron chi connectivity index (χ3n) is 2.82. The summed E-state index contributed by atoms with van der Waals surface area (Å²) in [5.41, 5.74) is 1.13. The lowest BCUT2D eigenvalue weighted by atomic mass is 10.1. The van der Waals surface area contributed by atoms with Gasteiger partial charge in [-0.2, -0.15) is 0 Å². The standard InChI is InChI=1S/C14H9NO4/c1-7(16)10-4-9(18)6-13-14(10)15-11-3-2-8(17)5-12(11)19-13/h2-6,17H,1H3. The number of benzene rings is 2. The molecule has 94 valence electrons. The van der Waals surface area contributed by atoms with Crippen LogP contribution in [0.15, 0.2) is 39.5 Å². The van der Waals surface area contributed by atoms with Crippen molar-refractivity contribution in [1.29, 1.82) is 0 Å². The number of aromatic nitrogens is 1. The summed E-state index contributed by atoms with van der Waals surface area (Å²) in [5, 5.41) is 9.40. The van der Waals surface area contributed by atoms with Gasteiger partial charge in [-0.1, -0.05) is 0 Å². The van der Waals surface area contributed by atoms with Crippen molar-refractivity contribution in [2.24, 2.45) is 0 Å². The van der Waals surface area contributed by atoms with Crippen LogP contribution in [-0.4, -0.2) is 15.9 Å². The number of fused-ring (bicyclic) bond motifs is 2. The van der Waals surface area contributed by atoms with E-state index in [1.165, 1.54) is 31.2 Å². The fraction of sp³-hybridized carbons (Fsp3) is 0.0714. The van der Waals surface area contributed by atoms with Gasteiger partial charge in [0.2, 0.25) is 0 Å². The molecule has 19 heavy (non-hydrogen) atoms. The predicted molar refractivity (Wildman–Crippen MR) is 68.6 cm³/mol. The molecule has 0 saturated heterocycles. The molecular weight excluding hydrogens is 246 g/mol. The first-order chi connectivity index (χ1) is 9.04. The molecule has 5 nitrogen and oxygen atoms in total. The number of nitrogens with zero attached hydrogens (tertiary/aromatic N) is 1. The van der Waals surface area contributed by atoms with Crippen LogP contribution < -0.4 is 5.43 Å². The molecule has 0 amide bonds. The van der Waals surface area contributed by atoms with Gasteiger partial charge in [0.15, 0.2) is 22.6 Å². The zero-order chi connectivity index (χ0) is 13.6. The van der Waals surface area contributed by atoms with Gasteiger partial charge in [-0.05, 0) is 25.1 Å². The maximum absolute atomic E-state index is 11.5. The second kappa shape index (κ2) is 3.91. The van der Waals surface area contributed by atoms with E-state index in [0.29, 0.717) is 16.8 Å². The fourth-order valence-electron chi connectivity index (χ4n) is 1.96. The van der Waals surface area contributed by atoms with Crippen LogP contribution in [0.2, 0.25) is 0 Å². The molecule has 5 heteroatoms. The van der Waals surface area contributed by atoms with E-state index in [9.17, 15) is 14.7 Å². The number of ketones is 1. The molecule has 0 saturated carbocycles. The lowest BCUT2D eigenvalue weighted by Gasteiger charge is -2.09. The van der Waals surface area contributed by atoms with Gasteiger partial charge < -0.3 is 9.52 Å². The molecule has 2 aliphatic rings. The average molecular weight is 255 g/mol. The molecule has 1 aliphatic carbocycles. The molecule has 0 spiro atoms. The minimum atomic E-state index is -0.317. The third kappa shape index (κ3) is 1.85. The summed E-state index contributed by atoms with van der Waals surface area (Å²) >= 11 is 0. The number of carbonyl (C=O) groups excluding carboxylic acids is 1. The molecule has 0 aromatic heterocycles. The van der Waals surface area contributed by atoms with Gasteiger partial charge in [0.1, 0.15) is 17.0 Å². The van der Waals surface area contributed by atoms with Crippen molar-refractivity contribution < 1.29 is 14.3 Å². The van der Waals surface area contributed by atoms with Crippen LogP contribution in [-0.2, 0) is 0 Å². The van der Waals surface area contributed by atoms with Crippen molar-refractivity contribution in [3.8, 4) is 17.2 Å². The smallest absolute Gasteiger partial charge is 0.183 e. The Kier molecular flexibility index (Phi) is 2.35. The lowest BCUT2D eigenvalue weighted by molar-refractivity contribution is 0.101. The zero-order valence-electron chi connectivity index (χ0n) is 10.0. The van der Waals surface area contributed by atoms with E-state index in [1.807, 2.05) is 0 Å². The van der Waals surface area contributed by atoms with Gasteiger partial charge in [-0.3, -0.25) is 9.59 Å². The maximum Gasteiger partial charge on any atom is 0.183 e. The highest BCUT2D eigenvalue weighted by Crippen LogP contribution is 2.28. The van der Waals surface area contributed by atoms with Gasteiger partial charge in [0, 0.05) is 12.1 Å². The van der Waals surface area contributed by atoms with E-state index in [-0.39, 0.29) is 28.3 Å². The second-order valence-corrected chi connectivity index (χ2v) is 4.24. The molecule has 1 N–H and O–H groups in total. The molecule has 0 atom stereocenters. The van der Waals surface area contributed by atoms with Crippen molar-refractivity contribution >= 4 is 16.9 Å². The molecule has 0 radical (unpaired) electrons. The van der Waals surface area contributed by atoms with E-state index < -0.39 is 0 Å². The van der Waals surface area contributed by atoms with Gasteiger partial charge in [-0.15, -0.1) is 0 Å². The topological polar surface area (TPSA) is 80.4 Å². The highest BCUT2D eigenvalue weighted by Gasteiger charge is 2.17. The Morgan fingerprint density at radius 3 is 2.79 bits per heavy atom. The molecule has 1 aliphatic heterocycles. The summed E-state index contributed by atoms with van der Waals surface area (Å²) in [7, 11) is 0. The van der Waals surface area contributed by atoms with Crippen LogP contribution in [0.4, 0.5) is 0 Å². The van der Waals surface area contributed by atoms with Crippen LogP contribution >= 0.6 is 0 Å². The molecule has 0 unspecified atom stereocenters. The third-order valence-corrected chi connectivity index (χ3v) is 2.82. The molecule has 0 bridgehead atoms. The van der Waals surface area contributed by atoms with Crippen LogP contribution in [0.25, 0.3) is 22.6 Å². The van der Waals surface area contributed by atoms with Crippen LogP contribution in [0.1, 0.15) is 17.3 Å².